The smallest absolute Gasteiger partial charge is 0.170 e. The van der Waals surface area contributed by atoms with Gasteiger partial charge in [-0.1, -0.05) is 48.5 Å². The van der Waals surface area contributed by atoms with E-state index in [9.17, 15) is 4.79 Å². The van der Waals surface area contributed by atoms with Crippen molar-refractivity contribution in [3.8, 4) is 0 Å². The summed E-state index contributed by atoms with van der Waals surface area (Å²) >= 11 is 0. The number of halogens is 2. The van der Waals surface area contributed by atoms with Gasteiger partial charge in [-0.25, -0.2) is 0 Å². The number of fused-ring (bicyclic) bond motifs is 2. The van der Waals surface area contributed by atoms with Crippen LogP contribution in [0.2, 0.25) is 0 Å². The number of anilines is 1. The Morgan fingerprint density at radius 3 is 2.38 bits per heavy atom. The molecular weight excluding hydrogens is 441 g/mol. The number of piperidine rings is 1. The standard InChI is InChI=1S/C26H29N3O.2ClH/c27-25-21-8-4-5-9-22(21)28-23-16-20(26(30)24(23)25)11-10-18-12-14-29(15-13-18)17-19-6-2-1-3-7-19;;/h1-9,18,20H,10-17H2,(H2,27,28);2*1H. The lowest BCUT2D eigenvalue weighted by atomic mass is 9.87. The van der Waals surface area contributed by atoms with Gasteiger partial charge in [-0.15, -0.1) is 24.8 Å². The van der Waals surface area contributed by atoms with Crippen molar-refractivity contribution in [2.75, 3.05) is 18.8 Å². The van der Waals surface area contributed by atoms with Gasteiger partial charge in [-0.3, -0.25) is 14.7 Å². The number of hydrogen-bond donors (Lipinski definition) is 1. The van der Waals surface area contributed by atoms with Crippen molar-refractivity contribution in [2.24, 2.45) is 11.8 Å². The van der Waals surface area contributed by atoms with Crippen molar-refractivity contribution in [1.82, 2.24) is 9.88 Å². The third kappa shape index (κ3) is 4.93. The minimum absolute atomic E-state index is 0. The first-order valence-corrected chi connectivity index (χ1v) is 11.2. The fraction of sp³-hybridized carbons (Fsp3) is 0.385. The average Bonchev–Trinajstić information content (AvgIpc) is 3.09. The fourth-order valence-electron chi connectivity index (χ4n) is 5.19. The molecule has 2 N–H and O–H groups in total. The molecule has 0 bridgehead atoms. The first-order chi connectivity index (χ1) is 14.7. The van der Waals surface area contributed by atoms with Crippen LogP contribution in [-0.2, 0) is 13.0 Å². The molecule has 1 aliphatic carbocycles. The molecule has 0 spiro atoms. The minimum atomic E-state index is 0. The highest BCUT2D eigenvalue weighted by Gasteiger charge is 2.34. The van der Waals surface area contributed by atoms with Gasteiger partial charge < -0.3 is 5.73 Å². The van der Waals surface area contributed by atoms with Gasteiger partial charge in [0, 0.05) is 24.3 Å². The van der Waals surface area contributed by atoms with Crippen molar-refractivity contribution in [2.45, 2.75) is 38.6 Å². The van der Waals surface area contributed by atoms with Crippen molar-refractivity contribution >= 4 is 47.2 Å². The number of benzene rings is 2. The lowest BCUT2D eigenvalue weighted by molar-refractivity contribution is 0.0920. The molecule has 1 unspecified atom stereocenters. The van der Waals surface area contributed by atoms with Gasteiger partial charge in [0.1, 0.15) is 0 Å². The number of pyridine rings is 1. The first-order valence-electron chi connectivity index (χ1n) is 11.2. The van der Waals surface area contributed by atoms with E-state index in [2.05, 4.69) is 35.2 Å². The Balaban J connectivity index is 0.00000144. The highest BCUT2D eigenvalue weighted by molar-refractivity contribution is 6.11. The van der Waals surface area contributed by atoms with E-state index in [4.69, 9.17) is 10.7 Å². The summed E-state index contributed by atoms with van der Waals surface area (Å²) in [4.78, 5) is 20.4. The van der Waals surface area contributed by atoms with Crippen molar-refractivity contribution < 1.29 is 4.79 Å². The predicted molar refractivity (Wildman–Crippen MR) is 136 cm³/mol. The van der Waals surface area contributed by atoms with Crippen LogP contribution in [-0.4, -0.2) is 28.8 Å². The van der Waals surface area contributed by atoms with Crippen molar-refractivity contribution in [3.05, 3.63) is 71.4 Å². The van der Waals surface area contributed by atoms with E-state index in [1.54, 1.807) is 0 Å². The Bertz CT molecular complexity index is 1070. The summed E-state index contributed by atoms with van der Waals surface area (Å²) in [5.74, 6) is 0.981. The Hall–Kier alpha value is -2.14. The fourth-order valence-corrected chi connectivity index (χ4v) is 5.19. The number of hydrogen-bond acceptors (Lipinski definition) is 4. The van der Waals surface area contributed by atoms with Crippen LogP contribution in [0.15, 0.2) is 54.6 Å². The molecule has 1 saturated heterocycles. The highest BCUT2D eigenvalue weighted by Crippen LogP contribution is 2.37. The molecule has 2 aliphatic rings. The number of para-hydroxylation sites is 1. The van der Waals surface area contributed by atoms with Crippen LogP contribution in [0.1, 0.15) is 47.3 Å². The van der Waals surface area contributed by atoms with E-state index in [1.807, 2.05) is 24.3 Å². The molecule has 0 amide bonds. The van der Waals surface area contributed by atoms with Gasteiger partial charge >= 0.3 is 0 Å². The number of nitrogens with two attached hydrogens (primary N) is 1. The minimum Gasteiger partial charge on any atom is -0.398 e. The molecule has 4 nitrogen and oxygen atoms in total. The van der Waals surface area contributed by atoms with Gasteiger partial charge in [0.05, 0.1) is 22.5 Å². The Kier molecular flexibility index (Phi) is 8.16. The van der Waals surface area contributed by atoms with Gasteiger partial charge in [-0.2, -0.15) is 0 Å². The lowest BCUT2D eigenvalue weighted by Crippen LogP contribution is -2.33. The number of aromatic nitrogens is 1. The summed E-state index contributed by atoms with van der Waals surface area (Å²) < 4.78 is 0. The predicted octanol–water partition coefficient (Wildman–Crippen LogP) is 5.71. The number of ketones is 1. The quantitative estimate of drug-likeness (QED) is 0.517. The van der Waals surface area contributed by atoms with E-state index in [0.717, 1.165) is 61.4 Å². The second kappa shape index (κ2) is 10.7. The summed E-state index contributed by atoms with van der Waals surface area (Å²) in [5, 5.41) is 0.899. The number of rotatable bonds is 5. The van der Waals surface area contributed by atoms with Crippen LogP contribution in [0.4, 0.5) is 5.69 Å². The molecule has 2 aromatic carbocycles. The van der Waals surface area contributed by atoms with Crippen LogP contribution in [0.3, 0.4) is 0 Å². The zero-order chi connectivity index (χ0) is 20.5. The molecule has 6 heteroatoms. The van der Waals surface area contributed by atoms with E-state index in [1.165, 1.54) is 18.4 Å². The van der Waals surface area contributed by atoms with E-state index >= 15 is 0 Å². The third-order valence-electron chi connectivity index (χ3n) is 6.94. The summed E-state index contributed by atoms with van der Waals surface area (Å²) in [6.45, 7) is 3.35. The van der Waals surface area contributed by atoms with E-state index in [0.29, 0.717) is 11.3 Å². The summed E-state index contributed by atoms with van der Waals surface area (Å²) in [5.41, 5.74) is 10.9. The van der Waals surface area contributed by atoms with Gasteiger partial charge in [0.2, 0.25) is 0 Å². The number of nitrogens with zero attached hydrogens (tertiary/aromatic N) is 2. The topological polar surface area (TPSA) is 59.2 Å². The number of likely N-dealkylation sites (tertiary alicyclic amines) is 1. The number of nitrogen functional groups attached to an aromatic ring is 1. The van der Waals surface area contributed by atoms with Crippen LogP contribution < -0.4 is 5.73 Å². The van der Waals surface area contributed by atoms with Gasteiger partial charge in [0.15, 0.2) is 5.78 Å². The second-order valence-corrected chi connectivity index (χ2v) is 8.91. The average molecular weight is 472 g/mol. The molecule has 2 heterocycles. The number of carbonyl (C=O) groups excluding carboxylic acids is 1. The maximum absolute atomic E-state index is 13.1. The zero-order valence-corrected chi connectivity index (χ0v) is 19.8. The molecule has 1 aliphatic heterocycles. The number of Topliss-reactive ketones (excluding diaryl/α,β-unsaturated/α-hetero) is 1. The van der Waals surface area contributed by atoms with E-state index in [-0.39, 0.29) is 36.5 Å². The molecule has 1 atom stereocenters. The normalized spacial score (nSPS) is 18.8. The van der Waals surface area contributed by atoms with Crippen molar-refractivity contribution in [1.29, 1.82) is 0 Å². The molecule has 0 saturated carbocycles. The van der Waals surface area contributed by atoms with E-state index < -0.39 is 0 Å². The molecule has 3 aromatic rings. The van der Waals surface area contributed by atoms with Crippen LogP contribution in [0.25, 0.3) is 10.9 Å². The van der Waals surface area contributed by atoms with Crippen molar-refractivity contribution in [3.63, 3.8) is 0 Å². The maximum atomic E-state index is 13.1. The van der Waals surface area contributed by atoms with Gasteiger partial charge in [0.25, 0.3) is 0 Å². The SMILES string of the molecule is Cl.Cl.Nc1c2c(nc3ccccc13)CC(CCC1CCN(Cc3ccccc3)CC1)C2=O. The second-order valence-electron chi connectivity index (χ2n) is 8.91. The van der Waals surface area contributed by atoms with Crippen LogP contribution in [0, 0.1) is 11.8 Å². The van der Waals surface area contributed by atoms with Crippen LogP contribution in [0.5, 0.6) is 0 Å². The molecular formula is C26H31Cl2N3O. The Morgan fingerprint density at radius 2 is 1.62 bits per heavy atom. The first kappa shape index (κ1) is 24.5. The van der Waals surface area contributed by atoms with Gasteiger partial charge in [-0.05, 0) is 56.3 Å². The number of carbonyl (C=O) groups is 1. The molecule has 32 heavy (non-hydrogen) atoms. The summed E-state index contributed by atoms with van der Waals surface area (Å²) in [6, 6.07) is 18.6. The maximum Gasteiger partial charge on any atom is 0.170 e. The lowest BCUT2D eigenvalue weighted by Gasteiger charge is -2.32. The Labute approximate surface area is 202 Å². The molecule has 5 rings (SSSR count). The summed E-state index contributed by atoms with van der Waals surface area (Å²) in [6.07, 6.45) is 5.28. The molecule has 1 aromatic heterocycles. The molecule has 0 radical (unpaired) electrons. The zero-order valence-electron chi connectivity index (χ0n) is 18.2. The third-order valence-corrected chi connectivity index (χ3v) is 6.94. The molecule has 1 fully saturated rings. The Morgan fingerprint density at radius 1 is 0.938 bits per heavy atom. The monoisotopic (exact) mass is 471 g/mol. The highest BCUT2D eigenvalue weighted by atomic mass is 35.5. The molecule has 170 valence electrons. The summed E-state index contributed by atoms with van der Waals surface area (Å²) in [7, 11) is 0. The largest absolute Gasteiger partial charge is 0.398 e. The van der Waals surface area contributed by atoms with Crippen LogP contribution >= 0.6 is 24.8 Å².